The highest BCUT2D eigenvalue weighted by molar-refractivity contribution is 5.68. The molecule has 2 aliphatic heterocycles. The first kappa shape index (κ1) is 22.2. The van der Waals surface area contributed by atoms with E-state index in [0.29, 0.717) is 19.0 Å². The molecule has 7 nitrogen and oxygen atoms in total. The number of benzene rings is 1. The first-order valence-corrected chi connectivity index (χ1v) is 11.2. The number of nitrogens with one attached hydrogen (secondary N) is 1. The fraction of sp³-hybridized carbons (Fsp3) is 0.652. The third-order valence-corrected chi connectivity index (χ3v) is 6.07. The molecule has 0 saturated carbocycles. The molecule has 2 aliphatic rings. The molecule has 1 fully saturated rings. The van der Waals surface area contributed by atoms with Gasteiger partial charge < -0.3 is 25.0 Å². The molecule has 166 valence electrons. The molecule has 30 heavy (non-hydrogen) atoms. The second-order valence-corrected chi connectivity index (χ2v) is 8.72. The zero-order valence-electron chi connectivity index (χ0n) is 18.2. The first-order chi connectivity index (χ1) is 14.4. The van der Waals surface area contributed by atoms with Gasteiger partial charge in [-0.15, -0.1) is 0 Å². The second-order valence-electron chi connectivity index (χ2n) is 8.72. The van der Waals surface area contributed by atoms with E-state index in [1.165, 1.54) is 23.3 Å². The van der Waals surface area contributed by atoms with Crippen LogP contribution in [0.15, 0.2) is 18.2 Å². The van der Waals surface area contributed by atoms with Gasteiger partial charge in [-0.2, -0.15) is 0 Å². The lowest BCUT2D eigenvalue weighted by Crippen LogP contribution is -2.39. The molecule has 2 heterocycles. The van der Waals surface area contributed by atoms with Gasteiger partial charge in [-0.05, 0) is 68.7 Å². The molecule has 1 aromatic carbocycles. The number of nitrogens with zero attached hydrogens (tertiary/aromatic N) is 2. The maximum absolute atomic E-state index is 12.0. The van der Waals surface area contributed by atoms with Crippen molar-refractivity contribution in [2.45, 2.75) is 65.0 Å². The molecular formula is C23H35N3O4. The number of carbonyl (C=O) groups is 2. The fourth-order valence-electron chi connectivity index (χ4n) is 4.30. The van der Waals surface area contributed by atoms with E-state index in [1.807, 2.05) is 24.8 Å². The zero-order valence-corrected chi connectivity index (χ0v) is 18.2. The topological polar surface area (TPSA) is 82.1 Å². The average molecular weight is 418 g/mol. The van der Waals surface area contributed by atoms with E-state index in [9.17, 15) is 9.59 Å². The number of carbonyl (C=O) groups excluding carboxylic acids is 1. The molecule has 0 atom stereocenters. The van der Waals surface area contributed by atoms with Crippen LogP contribution in [0.2, 0.25) is 0 Å². The Labute approximate surface area is 179 Å². The van der Waals surface area contributed by atoms with E-state index in [-0.39, 0.29) is 12.2 Å². The summed E-state index contributed by atoms with van der Waals surface area (Å²) in [6, 6.07) is 6.27. The van der Waals surface area contributed by atoms with E-state index in [4.69, 9.17) is 9.84 Å². The highest BCUT2D eigenvalue weighted by Crippen LogP contribution is 2.24. The predicted molar refractivity (Wildman–Crippen MR) is 117 cm³/mol. The lowest BCUT2D eigenvalue weighted by molar-refractivity contribution is 0.0646. The normalized spacial score (nSPS) is 17.0. The third kappa shape index (κ3) is 6.28. The van der Waals surface area contributed by atoms with Gasteiger partial charge in [0, 0.05) is 38.4 Å². The molecule has 0 unspecified atom stereocenters. The SMILES string of the molecule is CC(C)OC(=O)N1CCC(CCCCNc2ccc3c(c2)CCN(C(=O)O)C3)CC1. The van der Waals surface area contributed by atoms with Crippen molar-refractivity contribution < 1.29 is 19.4 Å². The summed E-state index contributed by atoms with van der Waals surface area (Å²) in [7, 11) is 0. The van der Waals surface area contributed by atoms with Crippen LogP contribution in [0, 0.1) is 5.92 Å². The Kier molecular flexibility index (Phi) is 7.82. The molecular weight excluding hydrogens is 382 g/mol. The molecule has 7 heteroatoms. The van der Waals surface area contributed by atoms with Gasteiger partial charge in [-0.3, -0.25) is 0 Å². The van der Waals surface area contributed by atoms with Crippen molar-refractivity contribution in [1.29, 1.82) is 0 Å². The van der Waals surface area contributed by atoms with Crippen molar-refractivity contribution in [3.8, 4) is 0 Å². The number of carboxylic acid groups (broad SMARTS) is 1. The van der Waals surface area contributed by atoms with Crippen molar-refractivity contribution in [2.75, 3.05) is 31.5 Å². The van der Waals surface area contributed by atoms with Gasteiger partial charge in [-0.25, -0.2) is 9.59 Å². The van der Waals surface area contributed by atoms with Crippen molar-refractivity contribution in [2.24, 2.45) is 5.92 Å². The second kappa shape index (κ2) is 10.5. The Balaban J connectivity index is 1.31. The number of anilines is 1. The number of hydrogen-bond acceptors (Lipinski definition) is 4. The van der Waals surface area contributed by atoms with E-state index < -0.39 is 6.09 Å². The van der Waals surface area contributed by atoms with E-state index in [0.717, 1.165) is 56.6 Å². The minimum atomic E-state index is -0.844. The van der Waals surface area contributed by atoms with Crippen LogP contribution in [-0.4, -0.2) is 59.4 Å². The summed E-state index contributed by atoms with van der Waals surface area (Å²) in [5.74, 6) is 0.703. The fourth-order valence-corrected chi connectivity index (χ4v) is 4.30. The van der Waals surface area contributed by atoms with Crippen LogP contribution in [-0.2, 0) is 17.7 Å². The molecule has 2 amide bonds. The van der Waals surface area contributed by atoms with Crippen LogP contribution in [0.25, 0.3) is 0 Å². The van der Waals surface area contributed by atoms with Crippen LogP contribution in [0.1, 0.15) is 57.1 Å². The number of ether oxygens (including phenoxy) is 1. The first-order valence-electron chi connectivity index (χ1n) is 11.2. The van der Waals surface area contributed by atoms with Gasteiger partial charge in [0.2, 0.25) is 0 Å². The van der Waals surface area contributed by atoms with Gasteiger partial charge in [0.05, 0.1) is 6.10 Å². The molecule has 0 spiro atoms. The summed E-state index contributed by atoms with van der Waals surface area (Å²) in [4.78, 5) is 26.4. The Morgan fingerprint density at radius 2 is 1.90 bits per heavy atom. The summed E-state index contributed by atoms with van der Waals surface area (Å²) < 4.78 is 5.28. The van der Waals surface area contributed by atoms with Crippen molar-refractivity contribution in [1.82, 2.24) is 9.80 Å². The van der Waals surface area contributed by atoms with Crippen molar-refractivity contribution in [3.63, 3.8) is 0 Å². The van der Waals surface area contributed by atoms with Crippen LogP contribution < -0.4 is 5.32 Å². The molecule has 3 rings (SSSR count). The largest absolute Gasteiger partial charge is 0.465 e. The van der Waals surface area contributed by atoms with Crippen LogP contribution >= 0.6 is 0 Å². The van der Waals surface area contributed by atoms with Gasteiger partial charge in [-0.1, -0.05) is 18.9 Å². The quantitative estimate of drug-likeness (QED) is 0.636. The summed E-state index contributed by atoms with van der Waals surface area (Å²) in [6.07, 6.45) is 5.36. The minimum Gasteiger partial charge on any atom is -0.465 e. The van der Waals surface area contributed by atoms with Crippen LogP contribution in [0.4, 0.5) is 15.3 Å². The summed E-state index contributed by atoms with van der Waals surface area (Å²) in [5.41, 5.74) is 3.48. The predicted octanol–water partition coefficient (Wildman–Crippen LogP) is 4.56. The molecule has 2 N–H and O–H groups in total. The molecule has 1 saturated heterocycles. The van der Waals surface area contributed by atoms with Crippen LogP contribution in [0.5, 0.6) is 0 Å². The van der Waals surface area contributed by atoms with Crippen molar-refractivity contribution >= 4 is 17.9 Å². The molecule has 0 aromatic heterocycles. The van der Waals surface area contributed by atoms with E-state index >= 15 is 0 Å². The molecule has 0 aliphatic carbocycles. The summed E-state index contributed by atoms with van der Waals surface area (Å²) in [6.45, 7) is 7.38. The van der Waals surface area contributed by atoms with E-state index in [2.05, 4.69) is 17.4 Å². The third-order valence-electron chi connectivity index (χ3n) is 6.07. The van der Waals surface area contributed by atoms with E-state index in [1.54, 1.807) is 0 Å². The number of fused-ring (bicyclic) bond motifs is 1. The highest BCUT2D eigenvalue weighted by atomic mass is 16.6. The Hall–Kier alpha value is -2.44. The number of unbranched alkanes of at least 4 members (excludes halogenated alkanes) is 1. The Morgan fingerprint density at radius 3 is 2.60 bits per heavy atom. The van der Waals surface area contributed by atoms with Gasteiger partial charge in [0.1, 0.15) is 0 Å². The van der Waals surface area contributed by atoms with Crippen LogP contribution in [0.3, 0.4) is 0 Å². The number of amides is 2. The Morgan fingerprint density at radius 1 is 1.13 bits per heavy atom. The number of likely N-dealkylation sites (tertiary alicyclic amines) is 1. The zero-order chi connectivity index (χ0) is 21.5. The number of piperidine rings is 1. The molecule has 0 bridgehead atoms. The lowest BCUT2D eigenvalue weighted by Gasteiger charge is -2.31. The number of hydrogen-bond donors (Lipinski definition) is 2. The lowest BCUT2D eigenvalue weighted by atomic mass is 9.92. The highest BCUT2D eigenvalue weighted by Gasteiger charge is 2.24. The smallest absolute Gasteiger partial charge is 0.410 e. The van der Waals surface area contributed by atoms with Crippen molar-refractivity contribution in [3.05, 3.63) is 29.3 Å². The van der Waals surface area contributed by atoms with Gasteiger partial charge in [0.15, 0.2) is 0 Å². The summed E-state index contributed by atoms with van der Waals surface area (Å²) in [5, 5.41) is 12.6. The maximum atomic E-state index is 12.0. The molecule has 0 radical (unpaired) electrons. The summed E-state index contributed by atoms with van der Waals surface area (Å²) >= 11 is 0. The molecule has 1 aromatic rings. The van der Waals surface area contributed by atoms with Gasteiger partial charge in [0.25, 0.3) is 0 Å². The standard InChI is InChI=1S/C23H35N3O4/c1-17(2)30-23(29)25-12-8-18(9-13-25)5-3-4-11-24-21-7-6-20-16-26(22(27)28)14-10-19(20)15-21/h6-7,15,17-18,24H,3-5,8-14,16H2,1-2H3,(H,27,28). The monoisotopic (exact) mass is 417 g/mol. The maximum Gasteiger partial charge on any atom is 0.410 e. The average Bonchev–Trinajstić information content (AvgIpc) is 2.73. The Bertz CT molecular complexity index is 729. The number of rotatable bonds is 7. The van der Waals surface area contributed by atoms with Gasteiger partial charge >= 0.3 is 12.2 Å². The minimum absolute atomic E-state index is 0.0581.